The Morgan fingerprint density at radius 3 is 2.86 bits per heavy atom. The van der Waals surface area contributed by atoms with Gasteiger partial charge in [0, 0.05) is 31.7 Å². The van der Waals surface area contributed by atoms with Crippen LogP contribution in [0.1, 0.15) is 24.6 Å². The van der Waals surface area contributed by atoms with E-state index in [1.165, 1.54) is 0 Å². The predicted molar refractivity (Wildman–Crippen MR) is 77.8 cm³/mol. The highest BCUT2D eigenvalue weighted by Gasteiger charge is 2.27. The number of hydrogen-bond acceptors (Lipinski definition) is 4. The number of rotatable bonds is 2. The van der Waals surface area contributed by atoms with Crippen LogP contribution in [0, 0.1) is 0 Å². The summed E-state index contributed by atoms with van der Waals surface area (Å²) in [6.07, 6.45) is 1.96. The molecule has 1 aliphatic heterocycles. The van der Waals surface area contributed by atoms with E-state index in [1.807, 2.05) is 42.3 Å². The quantitative estimate of drug-likeness (QED) is 0.910. The second-order valence-corrected chi connectivity index (χ2v) is 5.24. The molecule has 1 aromatic carbocycles. The topological polar surface area (TPSA) is 75.9 Å². The molecule has 1 fully saturated rings. The van der Waals surface area contributed by atoms with Crippen molar-refractivity contribution >= 4 is 11.7 Å². The molecule has 1 atom stereocenters. The number of urea groups is 1. The zero-order chi connectivity index (χ0) is 14.7. The Hall–Kier alpha value is -2.44. The summed E-state index contributed by atoms with van der Waals surface area (Å²) in [6, 6.07) is 9.42. The molecule has 0 spiro atoms. The number of likely N-dealkylation sites (tertiary alicyclic amines) is 1. The molecular weight excluding hydrogens is 268 g/mol. The zero-order valence-corrected chi connectivity index (χ0v) is 11.9. The van der Waals surface area contributed by atoms with Crippen molar-refractivity contribution in [3.05, 3.63) is 36.2 Å². The van der Waals surface area contributed by atoms with Gasteiger partial charge in [-0.25, -0.2) is 9.48 Å². The van der Waals surface area contributed by atoms with Crippen molar-refractivity contribution < 1.29 is 4.79 Å². The number of tetrazole rings is 1. The maximum atomic E-state index is 12.3. The minimum atomic E-state index is -0.0685. The lowest BCUT2D eigenvalue weighted by Gasteiger charge is -2.31. The monoisotopic (exact) mass is 286 g/mol. The summed E-state index contributed by atoms with van der Waals surface area (Å²) in [5.74, 6) is 1.03. The van der Waals surface area contributed by atoms with Gasteiger partial charge in [0.25, 0.3) is 0 Å². The number of nitrogens with one attached hydrogen (secondary N) is 1. The number of carbonyl (C=O) groups is 1. The van der Waals surface area contributed by atoms with Gasteiger partial charge in [-0.15, -0.1) is 5.10 Å². The van der Waals surface area contributed by atoms with Crippen molar-refractivity contribution in [2.75, 3.05) is 18.4 Å². The third kappa shape index (κ3) is 3.01. The fourth-order valence-electron chi connectivity index (χ4n) is 2.68. The first-order chi connectivity index (χ1) is 10.2. The molecule has 1 aliphatic rings. The number of anilines is 1. The fourth-order valence-corrected chi connectivity index (χ4v) is 2.68. The van der Waals surface area contributed by atoms with E-state index in [9.17, 15) is 4.79 Å². The maximum absolute atomic E-state index is 12.3. The third-order valence-corrected chi connectivity index (χ3v) is 3.75. The molecule has 2 amide bonds. The fraction of sp³-hybridized carbons (Fsp3) is 0.429. The van der Waals surface area contributed by atoms with Gasteiger partial charge in [-0.05, 0) is 35.4 Å². The normalized spacial score (nSPS) is 18.5. The molecule has 1 unspecified atom stereocenters. The Balaban J connectivity index is 1.66. The van der Waals surface area contributed by atoms with Crippen molar-refractivity contribution in [3.63, 3.8) is 0 Å². The first-order valence-corrected chi connectivity index (χ1v) is 7.07. The van der Waals surface area contributed by atoms with Crippen LogP contribution in [0.4, 0.5) is 10.5 Å². The lowest BCUT2D eigenvalue weighted by Crippen LogP contribution is -2.42. The van der Waals surface area contributed by atoms with Crippen LogP contribution in [0.15, 0.2) is 30.3 Å². The highest BCUT2D eigenvalue weighted by atomic mass is 16.2. The Kier molecular flexibility index (Phi) is 3.81. The van der Waals surface area contributed by atoms with Crippen LogP contribution in [0.5, 0.6) is 0 Å². The van der Waals surface area contributed by atoms with E-state index in [-0.39, 0.29) is 11.9 Å². The Bertz CT molecular complexity index is 611. The molecule has 0 bridgehead atoms. The highest BCUT2D eigenvalue weighted by Crippen LogP contribution is 2.25. The molecule has 0 saturated carbocycles. The molecule has 2 aromatic rings. The second kappa shape index (κ2) is 5.90. The van der Waals surface area contributed by atoms with Gasteiger partial charge in [-0.1, -0.05) is 18.2 Å². The Morgan fingerprint density at radius 1 is 1.33 bits per heavy atom. The van der Waals surface area contributed by atoms with Gasteiger partial charge in [0.1, 0.15) is 0 Å². The number of aromatic nitrogens is 4. The third-order valence-electron chi connectivity index (χ3n) is 3.75. The number of hydrogen-bond donors (Lipinski definition) is 1. The number of benzene rings is 1. The number of aryl methyl sites for hydroxylation is 1. The summed E-state index contributed by atoms with van der Waals surface area (Å²) in [7, 11) is 1.83. The molecule has 1 N–H and O–H groups in total. The molecule has 1 saturated heterocycles. The van der Waals surface area contributed by atoms with Crippen LogP contribution in [0.3, 0.4) is 0 Å². The molecule has 7 nitrogen and oxygen atoms in total. The lowest BCUT2D eigenvalue weighted by atomic mass is 9.97. The average molecular weight is 286 g/mol. The SMILES string of the molecule is Cn1nnnc1C1CCCN(C(=O)Nc2ccccc2)C1. The van der Waals surface area contributed by atoms with Crippen LogP contribution in [-0.2, 0) is 7.05 Å². The van der Waals surface area contributed by atoms with E-state index in [0.29, 0.717) is 6.54 Å². The van der Waals surface area contributed by atoms with E-state index in [2.05, 4.69) is 20.8 Å². The van der Waals surface area contributed by atoms with Gasteiger partial charge in [-0.2, -0.15) is 0 Å². The summed E-state index contributed by atoms with van der Waals surface area (Å²) in [5.41, 5.74) is 0.810. The Morgan fingerprint density at radius 2 is 2.14 bits per heavy atom. The molecule has 110 valence electrons. The van der Waals surface area contributed by atoms with Crippen LogP contribution in [0.25, 0.3) is 0 Å². The number of amides is 2. The minimum Gasteiger partial charge on any atom is -0.324 e. The first kappa shape index (κ1) is 13.5. The maximum Gasteiger partial charge on any atom is 0.321 e. The van der Waals surface area contributed by atoms with Gasteiger partial charge in [0.2, 0.25) is 0 Å². The van der Waals surface area contributed by atoms with Crippen LogP contribution in [-0.4, -0.2) is 44.2 Å². The van der Waals surface area contributed by atoms with Gasteiger partial charge >= 0.3 is 6.03 Å². The molecule has 2 heterocycles. The van der Waals surface area contributed by atoms with E-state index < -0.39 is 0 Å². The van der Waals surface area contributed by atoms with E-state index in [1.54, 1.807) is 4.68 Å². The van der Waals surface area contributed by atoms with Gasteiger partial charge < -0.3 is 10.2 Å². The van der Waals surface area contributed by atoms with Crippen molar-refractivity contribution in [1.29, 1.82) is 0 Å². The van der Waals surface area contributed by atoms with Crippen LogP contribution < -0.4 is 5.32 Å². The zero-order valence-electron chi connectivity index (χ0n) is 11.9. The summed E-state index contributed by atoms with van der Waals surface area (Å²) in [5, 5.41) is 14.5. The minimum absolute atomic E-state index is 0.0685. The van der Waals surface area contributed by atoms with Crippen LogP contribution in [0.2, 0.25) is 0 Å². The largest absolute Gasteiger partial charge is 0.324 e. The molecule has 7 heteroatoms. The van der Waals surface area contributed by atoms with Gasteiger partial charge in [0.05, 0.1) is 0 Å². The van der Waals surface area contributed by atoms with E-state index in [0.717, 1.165) is 30.9 Å². The molecule has 3 rings (SSSR count). The van der Waals surface area contributed by atoms with Crippen LogP contribution >= 0.6 is 0 Å². The predicted octanol–water partition coefficient (Wildman–Crippen LogP) is 1.62. The highest BCUT2D eigenvalue weighted by molar-refractivity contribution is 5.89. The molecule has 21 heavy (non-hydrogen) atoms. The lowest BCUT2D eigenvalue weighted by molar-refractivity contribution is 0.190. The van der Waals surface area contributed by atoms with Gasteiger partial charge in [0.15, 0.2) is 5.82 Å². The number of nitrogens with zero attached hydrogens (tertiary/aromatic N) is 5. The van der Waals surface area contributed by atoms with E-state index >= 15 is 0 Å². The summed E-state index contributed by atoms with van der Waals surface area (Å²) in [4.78, 5) is 14.2. The van der Waals surface area contributed by atoms with Gasteiger partial charge in [-0.3, -0.25) is 0 Å². The Labute approximate surface area is 122 Å². The number of para-hydroxylation sites is 1. The summed E-state index contributed by atoms with van der Waals surface area (Å²) >= 11 is 0. The number of piperidine rings is 1. The van der Waals surface area contributed by atoms with Crippen molar-refractivity contribution in [1.82, 2.24) is 25.1 Å². The first-order valence-electron chi connectivity index (χ1n) is 7.07. The van der Waals surface area contributed by atoms with Crippen molar-refractivity contribution in [3.8, 4) is 0 Å². The molecule has 0 aliphatic carbocycles. The van der Waals surface area contributed by atoms with E-state index in [4.69, 9.17) is 0 Å². The standard InChI is InChI=1S/C14H18N6O/c1-19-13(16-17-18-19)11-6-5-9-20(10-11)14(21)15-12-7-3-2-4-8-12/h2-4,7-8,11H,5-6,9-10H2,1H3,(H,15,21). The van der Waals surface area contributed by atoms with Crippen molar-refractivity contribution in [2.45, 2.75) is 18.8 Å². The number of carbonyl (C=O) groups excluding carboxylic acids is 1. The molecular formula is C14H18N6O. The average Bonchev–Trinajstić information content (AvgIpc) is 2.94. The molecule has 0 radical (unpaired) electrons. The second-order valence-electron chi connectivity index (χ2n) is 5.24. The van der Waals surface area contributed by atoms with Crippen molar-refractivity contribution in [2.24, 2.45) is 7.05 Å². The molecule has 1 aromatic heterocycles. The smallest absolute Gasteiger partial charge is 0.321 e. The summed E-state index contributed by atoms with van der Waals surface area (Å²) < 4.78 is 1.68. The summed E-state index contributed by atoms with van der Waals surface area (Å²) in [6.45, 7) is 1.41.